The predicted octanol–water partition coefficient (Wildman–Crippen LogP) is -0.155. The van der Waals surface area contributed by atoms with Crippen LogP contribution in [-0.4, -0.2) is 28.8 Å². The molecule has 0 radical (unpaired) electrons. The molecule has 0 atom stereocenters. The summed E-state index contributed by atoms with van der Waals surface area (Å²) in [7, 11) is 0. The Morgan fingerprint density at radius 2 is 2.12 bits per heavy atom. The van der Waals surface area contributed by atoms with Gasteiger partial charge in [-0.3, -0.25) is 0 Å². The highest BCUT2D eigenvalue weighted by atomic mass is 35.5. The molecule has 0 aromatic heterocycles. The van der Waals surface area contributed by atoms with Crippen LogP contribution in [-0.2, 0) is 0 Å². The van der Waals surface area contributed by atoms with E-state index in [4.69, 9.17) is 10.8 Å². The molecule has 0 saturated carbocycles. The van der Waals surface area contributed by atoms with Crippen molar-refractivity contribution < 1.29 is 5.11 Å². The van der Waals surface area contributed by atoms with E-state index in [2.05, 4.69) is 0 Å². The highest BCUT2D eigenvalue weighted by Crippen LogP contribution is 2.27. The molecule has 0 amide bonds. The van der Waals surface area contributed by atoms with Gasteiger partial charge in [0, 0.05) is 18.1 Å². The van der Waals surface area contributed by atoms with E-state index in [1.165, 1.54) is 0 Å². The first-order chi connectivity index (χ1) is 3.27. The first kappa shape index (κ1) is 8.56. The van der Waals surface area contributed by atoms with Crippen molar-refractivity contribution in [2.45, 2.75) is 5.60 Å². The lowest BCUT2D eigenvalue weighted by atomic mass is 10.1. The number of nitrogens with two attached hydrogens (primary N) is 1. The molecule has 1 saturated heterocycles. The molecule has 1 aliphatic heterocycles. The lowest BCUT2D eigenvalue weighted by Gasteiger charge is -2.34. The van der Waals surface area contributed by atoms with Crippen molar-refractivity contribution in [3.63, 3.8) is 0 Å². The first-order valence-corrected chi connectivity index (χ1v) is 3.42. The predicted molar refractivity (Wildman–Crippen MR) is 38.6 cm³/mol. The average molecular weight is 156 g/mol. The average Bonchev–Trinajstić information content (AvgIpc) is 1.61. The fourth-order valence-electron chi connectivity index (χ4n) is 0.456. The molecule has 0 aromatic rings. The van der Waals surface area contributed by atoms with E-state index in [-0.39, 0.29) is 12.4 Å². The van der Waals surface area contributed by atoms with Crippen LogP contribution in [0.25, 0.3) is 0 Å². The van der Waals surface area contributed by atoms with E-state index in [0.717, 1.165) is 11.5 Å². The van der Waals surface area contributed by atoms with Crippen molar-refractivity contribution in [3.05, 3.63) is 0 Å². The van der Waals surface area contributed by atoms with Crippen molar-refractivity contribution in [2.24, 2.45) is 5.73 Å². The second-order valence-electron chi connectivity index (χ2n) is 1.92. The molecule has 1 fully saturated rings. The Bertz CT molecular complexity index is 70.9. The maximum atomic E-state index is 9.07. The maximum Gasteiger partial charge on any atom is 0.0948 e. The van der Waals surface area contributed by atoms with E-state index in [1.807, 2.05) is 0 Å². The van der Waals surface area contributed by atoms with Crippen LogP contribution >= 0.6 is 24.2 Å². The molecule has 50 valence electrons. The third-order valence-electron chi connectivity index (χ3n) is 1.12. The van der Waals surface area contributed by atoms with Crippen LogP contribution in [0.5, 0.6) is 0 Å². The quantitative estimate of drug-likeness (QED) is 0.554. The smallest absolute Gasteiger partial charge is 0.0948 e. The molecule has 0 aliphatic carbocycles. The summed E-state index contributed by atoms with van der Waals surface area (Å²) >= 11 is 1.74. The summed E-state index contributed by atoms with van der Waals surface area (Å²) in [6, 6.07) is 0. The van der Waals surface area contributed by atoms with E-state index >= 15 is 0 Å². The van der Waals surface area contributed by atoms with Crippen LogP contribution in [0.2, 0.25) is 0 Å². The Labute approximate surface area is 59.2 Å². The molecule has 4 heteroatoms. The molecule has 1 rings (SSSR count). The topological polar surface area (TPSA) is 46.2 Å². The Morgan fingerprint density at radius 3 is 2.12 bits per heavy atom. The summed E-state index contributed by atoms with van der Waals surface area (Å²) in [5.74, 6) is 1.65. The van der Waals surface area contributed by atoms with Crippen LogP contribution in [0.1, 0.15) is 0 Å². The molecule has 1 heterocycles. The molecule has 0 aromatic carbocycles. The zero-order valence-corrected chi connectivity index (χ0v) is 6.10. The van der Waals surface area contributed by atoms with Gasteiger partial charge < -0.3 is 10.8 Å². The number of hydrogen-bond acceptors (Lipinski definition) is 3. The van der Waals surface area contributed by atoms with Gasteiger partial charge in [-0.15, -0.1) is 12.4 Å². The molecule has 8 heavy (non-hydrogen) atoms. The number of thioether (sulfide) groups is 1. The normalized spacial score (nSPS) is 23.2. The second-order valence-corrected chi connectivity index (χ2v) is 2.91. The van der Waals surface area contributed by atoms with Crippen molar-refractivity contribution >= 4 is 24.2 Å². The number of hydrogen-bond donors (Lipinski definition) is 2. The largest absolute Gasteiger partial charge is 0.387 e. The summed E-state index contributed by atoms with van der Waals surface area (Å²) in [6.45, 7) is 0.417. The molecule has 0 spiro atoms. The third-order valence-corrected chi connectivity index (χ3v) is 2.60. The van der Waals surface area contributed by atoms with Gasteiger partial charge in [0.15, 0.2) is 0 Å². The minimum absolute atomic E-state index is 0. The van der Waals surface area contributed by atoms with Gasteiger partial charge in [0.1, 0.15) is 0 Å². The zero-order chi connectivity index (χ0) is 5.33. The van der Waals surface area contributed by atoms with Crippen molar-refractivity contribution in [2.75, 3.05) is 18.1 Å². The Hall–Kier alpha value is 0.560. The Balaban J connectivity index is 0.000000490. The van der Waals surface area contributed by atoms with E-state index in [0.29, 0.717) is 6.54 Å². The highest BCUT2D eigenvalue weighted by Gasteiger charge is 2.33. The SMILES string of the molecule is Cl.NCC1(O)CSC1. The molecular formula is C4H10ClNOS. The van der Waals surface area contributed by atoms with Gasteiger partial charge in [-0.25, -0.2) is 0 Å². The summed E-state index contributed by atoms with van der Waals surface area (Å²) in [5.41, 5.74) is 4.71. The fraction of sp³-hybridized carbons (Fsp3) is 1.00. The van der Waals surface area contributed by atoms with Gasteiger partial charge in [0.25, 0.3) is 0 Å². The monoisotopic (exact) mass is 155 g/mol. The van der Waals surface area contributed by atoms with Gasteiger partial charge in [-0.2, -0.15) is 11.8 Å². The second kappa shape index (κ2) is 2.92. The van der Waals surface area contributed by atoms with Gasteiger partial charge in [0.05, 0.1) is 5.60 Å². The lowest BCUT2D eigenvalue weighted by molar-refractivity contribution is 0.0881. The van der Waals surface area contributed by atoms with E-state index in [9.17, 15) is 0 Å². The first-order valence-electron chi connectivity index (χ1n) is 2.27. The summed E-state index contributed by atoms with van der Waals surface area (Å²) in [5, 5.41) is 9.07. The summed E-state index contributed by atoms with van der Waals surface area (Å²) in [6.07, 6.45) is 0. The van der Waals surface area contributed by atoms with Crippen LogP contribution in [0.4, 0.5) is 0 Å². The third kappa shape index (κ3) is 1.52. The summed E-state index contributed by atoms with van der Waals surface area (Å²) < 4.78 is 0. The standard InChI is InChI=1S/C4H9NOS.ClH/c5-1-4(6)2-7-3-4;/h6H,1-3,5H2;1H. The van der Waals surface area contributed by atoms with Crippen molar-refractivity contribution in [3.8, 4) is 0 Å². The van der Waals surface area contributed by atoms with E-state index < -0.39 is 5.60 Å². The van der Waals surface area contributed by atoms with Gasteiger partial charge in [-0.1, -0.05) is 0 Å². The molecule has 3 N–H and O–H groups in total. The van der Waals surface area contributed by atoms with E-state index in [1.54, 1.807) is 11.8 Å². The van der Waals surface area contributed by atoms with Crippen LogP contribution in [0.15, 0.2) is 0 Å². The van der Waals surface area contributed by atoms with Crippen molar-refractivity contribution in [1.82, 2.24) is 0 Å². The maximum absolute atomic E-state index is 9.07. The van der Waals surface area contributed by atoms with Crippen LogP contribution in [0, 0.1) is 0 Å². The van der Waals surface area contributed by atoms with Gasteiger partial charge in [-0.05, 0) is 0 Å². The Morgan fingerprint density at radius 1 is 1.62 bits per heavy atom. The Kier molecular flexibility index (Phi) is 3.12. The van der Waals surface area contributed by atoms with Gasteiger partial charge >= 0.3 is 0 Å². The van der Waals surface area contributed by atoms with Crippen LogP contribution < -0.4 is 5.73 Å². The number of rotatable bonds is 1. The molecular weight excluding hydrogens is 146 g/mol. The van der Waals surface area contributed by atoms with Gasteiger partial charge in [0.2, 0.25) is 0 Å². The molecule has 2 nitrogen and oxygen atoms in total. The fourth-order valence-corrected chi connectivity index (χ4v) is 1.37. The molecule has 0 bridgehead atoms. The van der Waals surface area contributed by atoms with Crippen LogP contribution in [0.3, 0.4) is 0 Å². The lowest BCUT2D eigenvalue weighted by Crippen LogP contribution is -2.49. The number of aliphatic hydroxyl groups is 1. The minimum Gasteiger partial charge on any atom is -0.387 e. The molecule has 0 unspecified atom stereocenters. The molecule has 1 aliphatic rings. The minimum atomic E-state index is -0.495. The number of halogens is 1. The highest BCUT2D eigenvalue weighted by molar-refractivity contribution is 8.00. The zero-order valence-electron chi connectivity index (χ0n) is 4.46. The van der Waals surface area contributed by atoms with Crippen molar-refractivity contribution in [1.29, 1.82) is 0 Å². The summed E-state index contributed by atoms with van der Waals surface area (Å²) in [4.78, 5) is 0.